The Morgan fingerprint density at radius 1 is 1.07 bits per heavy atom. The molecule has 2 aromatic carbocycles. The summed E-state index contributed by atoms with van der Waals surface area (Å²) in [6.07, 6.45) is 2.75. The molecule has 0 radical (unpaired) electrons. The second kappa shape index (κ2) is 9.40. The fraction of sp³-hybridized carbons (Fsp3) is 0.364. The number of carbonyl (C=O) groups is 2. The first-order chi connectivity index (χ1) is 14.3. The fourth-order valence-electron chi connectivity index (χ4n) is 3.48. The maximum absolute atomic E-state index is 12.4. The molecule has 0 unspecified atom stereocenters. The van der Waals surface area contributed by atoms with E-state index in [1.165, 1.54) is 17.7 Å². The summed E-state index contributed by atoms with van der Waals surface area (Å²) in [6, 6.07) is 14.7. The van der Waals surface area contributed by atoms with Gasteiger partial charge in [-0.25, -0.2) is 8.42 Å². The van der Waals surface area contributed by atoms with E-state index in [9.17, 15) is 18.0 Å². The summed E-state index contributed by atoms with van der Waals surface area (Å²) in [5.74, 6) is -0.226. The molecule has 1 aliphatic heterocycles. The van der Waals surface area contributed by atoms with Crippen LogP contribution in [-0.2, 0) is 43.9 Å². The number of anilines is 1. The lowest BCUT2D eigenvalue weighted by molar-refractivity contribution is -0.139. The van der Waals surface area contributed by atoms with Crippen molar-refractivity contribution >= 4 is 27.6 Å². The van der Waals surface area contributed by atoms with Gasteiger partial charge in [0.25, 0.3) is 0 Å². The van der Waals surface area contributed by atoms with Crippen molar-refractivity contribution < 1.29 is 22.7 Å². The molecule has 8 heteroatoms. The molecule has 30 heavy (non-hydrogen) atoms. The van der Waals surface area contributed by atoms with Gasteiger partial charge in [0.1, 0.15) is 0 Å². The third kappa shape index (κ3) is 5.67. The van der Waals surface area contributed by atoms with E-state index in [-0.39, 0.29) is 31.4 Å². The second-order valence-corrected chi connectivity index (χ2v) is 9.40. The number of esters is 1. The van der Waals surface area contributed by atoms with E-state index in [1.54, 1.807) is 11.0 Å². The summed E-state index contributed by atoms with van der Waals surface area (Å²) in [6.45, 7) is 1.13. The van der Waals surface area contributed by atoms with Crippen molar-refractivity contribution in [3.8, 4) is 0 Å². The summed E-state index contributed by atoms with van der Waals surface area (Å²) < 4.78 is 30.8. The third-order valence-corrected chi connectivity index (χ3v) is 6.27. The number of amides is 1. The Hall–Kier alpha value is -2.71. The Morgan fingerprint density at radius 3 is 2.33 bits per heavy atom. The van der Waals surface area contributed by atoms with Crippen molar-refractivity contribution in [3.63, 3.8) is 0 Å². The first-order valence-electron chi connectivity index (χ1n) is 9.75. The van der Waals surface area contributed by atoms with Crippen LogP contribution in [0.2, 0.25) is 0 Å². The van der Waals surface area contributed by atoms with Crippen LogP contribution in [-0.4, -0.2) is 44.5 Å². The van der Waals surface area contributed by atoms with E-state index >= 15 is 0 Å². The highest BCUT2D eigenvalue weighted by molar-refractivity contribution is 7.88. The minimum Gasteiger partial charge on any atom is -0.469 e. The number of methoxy groups -OCH3 is 1. The number of hydrogen-bond acceptors (Lipinski definition) is 5. The second-order valence-electron chi connectivity index (χ2n) is 7.42. The highest BCUT2D eigenvalue weighted by Gasteiger charge is 2.22. The lowest BCUT2D eigenvalue weighted by Crippen LogP contribution is -2.29. The first kappa shape index (κ1) is 22.0. The van der Waals surface area contributed by atoms with E-state index in [0.717, 1.165) is 35.3 Å². The summed E-state index contributed by atoms with van der Waals surface area (Å²) in [4.78, 5) is 25.2. The van der Waals surface area contributed by atoms with Crippen LogP contribution in [0.1, 0.15) is 29.5 Å². The number of ether oxygens (including phenoxy) is 1. The van der Waals surface area contributed by atoms with E-state index in [2.05, 4.69) is 0 Å². The van der Waals surface area contributed by atoms with E-state index in [4.69, 9.17) is 4.74 Å². The Morgan fingerprint density at radius 2 is 1.73 bits per heavy atom. The zero-order valence-electron chi connectivity index (χ0n) is 17.2. The molecule has 0 spiro atoms. The lowest BCUT2D eigenvalue weighted by atomic mass is 10.1. The Kier molecular flexibility index (Phi) is 6.89. The van der Waals surface area contributed by atoms with Crippen LogP contribution in [0.4, 0.5) is 5.69 Å². The van der Waals surface area contributed by atoms with Crippen molar-refractivity contribution in [2.24, 2.45) is 0 Å². The molecule has 7 nitrogen and oxygen atoms in total. The zero-order valence-corrected chi connectivity index (χ0v) is 18.0. The lowest BCUT2D eigenvalue weighted by Gasteiger charge is -2.21. The molecule has 160 valence electrons. The molecule has 2 aromatic rings. The highest BCUT2D eigenvalue weighted by atomic mass is 32.2. The van der Waals surface area contributed by atoms with Crippen LogP contribution < -0.4 is 4.90 Å². The minimum atomic E-state index is -3.46. The van der Waals surface area contributed by atoms with Gasteiger partial charge in [0.2, 0.25) is 15.9 Å². The molecule has 1 aliphatic rings. The number of sulfonamides is 1. The van der Waals surface area contributed by atoms with Crippen molar-refractivity contribution in [2.75, 3.05) is 24.8 Å². The van der Waals surface area contributed by atoms with Crippen molar-refractivity contribution in [1.29, 1.82) is 0 Å². The summed E-state index contributed by atoms with van der Waals surface area (Å²) >= 11 is 0. The first-order valence-corrected chi connectivity index (χ1v) is 11.6. The molecule has 0 N–H and O–H groups in total. The van der Waals surface area contributed by atoms with Gasteiger partial charge in [0.15, 0.2) is 0 Å². The normalized spacial score (nSPS) is 14.4. The van der Waals surface area contributed by atoms with E-state index in [1.807, 2.05) is 42.5 Å². The smallest absolute Gasteiger partial charge is 0.309 e. The van der Waals surface area contributed by atoms with Gasteiger partial charge in [-0.3, -0.25) is 9.59 Å². The number of hydrogen-bond donors (Lipinski definition) is 0. The molecule has 1 heterocycles. The van der Waals surface area contributed by atoms with Crippen molar-refractivity contribution in [1.82, 2.24) is 4.31 Å². The molecule has 0 aliphatic carbocycles. The maximum Gasteiger partial charge on any atom is 0.309 e. The third-order valence-electron chi connectivity index (χ3n) is 5.08. The highest BCUT2D eigenvalue weighted by Crippen LogP contribution is 2.23. The number of rotatable bonds is 8. The van der Waals surface area contributed by atoms with Crippen LogP contribution in [0, 0.1) is 0 Å². The zero-order chi connectivity index (χ0) is 21.7. The molecule has 0 aromatic heterocycles. The van der Waals surface area contributed by atoms with Gasteiger partial charge in [-0.2, -0.15) is 4.31 Å². The van der Waals surface area contributed by atoms with Crippen molar-refractivity contribution in [3.05, 3.63) is 65.2 Å². The predicted molar refractivity (Wildman–Crippen MR) is 114 cm³/mol. The Labute approximate surface area is 177 Å². The van der Waals surface area contributed by atoms with Gasteiger partial charge in [-0.1, -0.05) is 36.4 Å². The fourth-order valence-corrected chi connectivity index (χ4v) is 4.24. The maximum atomic E-state index is 12.4. The molecular weight excluding hydrogens is 404 g/mol. The molecule has 3 rings (SSSR count). The van der Waals surface area contributed by atoms with Crippen LogP contribution >= 0.6 is 0 Å². The molecule has 0 saturated carbocycles. The largest absolute Gasteiger partial charge is 0.469 e. The molecule has 0 atom stereocenters. The number of carbonyl (C=O) groups excluding carboxylic acids is 2. The summed E-state index contributed by atoms with van der Waals surface area (Å²) in [5.41, 5.74) is 3.23. The molecule has 1 saturated heterocycles. The quantitative estimate of drug-likeness (QED) is 0.601. The molecule has 0 bridgehead atoms. The average molecular weight is 431 g/mol. The topological polar surface area (TPSA) is 84.0 Å². The molecule has 1 fully saturated rings. The SMILES string of the molecule is COC(=O)Cc1cccc(CN(Cc2ccc(N3CCCC3=O)cc2)S(C)(=O)=O)c1. The van der Waals surface area contributed by atoms with Crippen LogP contribution in [0.15, 0.2) is 48.5 Å². The predicted octanol–water partition coefficient (Wildman–Crippen LogP) is 2.49. The monoisotopic (exact) mass is 430 g/mol. The van der Waals surface area contributed by atoms with E-state index < -0.39 is 10.0 Å². The van der Waals surface area contributed by atoms with Gasteiger partial charge >= 0.3 is 5.97 Å². The number of benzene rings is 2. The number of nitrogens with zero attached hydrogens (tertiary/aromatic N) is 2. The van der Waals surface area contributed by atoms with Crippen LogP contribution in [0.3, 0.4) is 0 Å². The van der Waals surface area contributed by atoms with Crippen LogP contribution in [0.5, 0.6) is 0 Å². The Balaban J connectivity index is 1.73. The molecular formula is C22H26N2O5S. The minimum absolute atomic E-state index is 0.118. The van der Waals surface area contributed by atoms with Gasteiger partial charge in [0.05, 0.1) is 19.8 Å². The van der Waals surface area contributed by atoms with E-state index in [0.29, 0.717) is 6.42 Å². The van der Waals surface area contributed by atoms with Gasteiger partial charge in [-0.05, 0) is 35.2 Å². The van der Waals surface area contributed by atoms with Gasteiger partial charge in [0, 0.05) is 31.7 Å². The average Bonchev–Trinajstić information content (AvgIpc) is 3.13. The summed E-state index contributed by atoms with van der Waals surface area (Å²) in [7, 11) is -2.12. The van der Waals surface area contributed by atoms with Gasteiger partial charge < -0.3 is 9.64 Å². The summed E-state index contributed by atoms with van der Waals surface area (Å²) in [5, 5.41) is 0. The van der Waals surface area contributed by atoms with Gasteiger partial charge in [-0.15, -0.1) is 0 Å². The standard InChI is InChI=1S/C22H26N2O5S/c1-29-22(26)14-18-5-3-6-19(13-18)16-23(30(2,27)28)15-17-8-10-20(11-9-17)24-12-4-7-21(24)25/h3,5-6,8-11,13H,4,7,12,14-16H2,1-2H3. The Bertz CT molecular complexity index is 1020. The van der Waals surface area contributed by atoms with Crippen molar-refractivity contribution in [2.45, 2.75) is 32.4 Å². The molecule has 1 amide bonds. The van der Waals surface area contributed by atoms with Crippen LogP contribution in [0.25, 0.3) is 0 Å².